The summed E-state index contributed by atoms with van der Waals surface area (Å²) in [5, 5.41) is 17.5. The van der Waals surface area contributed by atoms with Gasteiger partial charge in [-0.1, -0.05) is 84.9 Å². The van der Waals surface area contributed by atoms with Gasteiger partial charge < -0.3 is 10.0 Å². The van der Waals surface area contributed by atoms with Crippen LogP contribution in [-0.4, -0.2) is 32.7 Å². The molecule has 0 saturated heterocycles. The Labute approximate surface area is 181 Å². The number of benzene rings is 3. The number of amides is 1. The molecule has 0 radical (unpaired) electrons. The molecular weight excluding hydrogens is 386 g/mol. The highest BCUT2D eigenvalue weighted by molar-refractivity contribution is 5.85. The number of aliphatic hydroxyl groups is 1. The molecule has 0 spiro atoms. The van der Waals surface area contributed by atoms with Gasteiger partial charge in [-0.25, -0.2) is 0 Å². The molecule has 0 bridgehead atoms. The maximum Gasteiger partial charge on any atom is 0.233 e. The van der Waals surface area contributed by atoms with Crippen molar-refractivity contribution in [3.8, 4) is 22.4 Å². The van der Waals surface area contributed by atoms with E-state index in [9.17, 15) is 9.90 Å². The number of aliphatic hydroxyl groups excluding tert-OH is 1. The van der Waals surface area contributed by atoms with Gasteiger partial charge in [0.25, 0.3) is 0 Å². The summed E-state index contributed by atoms with van der Waals surface area (Å²) in [7, 11) is 0. The molecule has 2 N–H and O–H groups in total. The molecule has 31 heavy (non-hydrogen) atoms. The topological polar surface area (TPSA) is 69.2 Å². The highest BCUT2D eigenvalue weighted by atomic mass is 16.3. The fourth-order valence-corrected chi connectivity index (χ4v) is 4.22. The largest absolute Gasteiger partial charge is 0.395 e. The van der Waals surface area contributed by atoms with Crippen LogP contribution in [-0.2, 0) is 17.9 Å². The minimum absolute atomic E-state index is 0.0660. The summed E-state index contributed by atoms with van der Waals surface area (Å²) in [6.45, 7) is 0.760. The zero-order valence-electron chi connectivity index (χ0n) is 17.0. The third-order valence-corrected chi connectivity index (χ3v) is 5.91. The van der Waals surface area contributed by atoms with Crippen LogP contribution >= 0.6 is 0 Å². The molecule has 1 unspecified atom stereocenters. The monoisotopic (exact) mass is 409 g/mol. The number of hydrogen-bond donors (Lipinski definition) is 2. The van der Waals surface area contributed by atoms with Gasteiger partial charge in [0.15, 0.2) is 0 Å². The predicted molar refractivity (Wildman–Crippen MR) is 120 cm³/mol. The van der Waals surface area contributed by atoms with Crippen LogP contribution in [0.25, 0.3) is 22.4 Å². The van der Waals surface area contributed by atoms with Gasteiger partial charge in [0.05, 0.1) is 37.0 Å². The summed E-state index contributed by atoms with van der Waals surface area (Å²) in [4.78, 5) is 14.9. The average molecular weight is 409 g/mol. The van der Waals surface area contributed by atoms with E-state index in [-0.39, 0.29) is 12.5 Å². The average Bonchev–Trinajstić information content (AvgIpc) is 3.42. The maximum absolute atomic E-state index is 13.1. The number of rotatable bonds is 5. The summed E-state index contributed by atoms with van der Waals surface area (Å²) < 4.78 is 0. The van der Waals surface area contributed by atoms with Crippen LogP contribution in [0, 0.1) is 0 Å². The number of aromatic nitrogens is 2. The van der Waals surface area contributed by atoms with E-state index in [2.05, 4.69) is 46.6 Å². The number of carbonyl (C=O) groups is 1. The van der Waals surface area contributed by atoms with Crippen molar-refractivity contribution in [3.63, 3.8) is 0 Å². The van der Waals surface area contributed by atoms with Gasteiger partial charge in [-0.2, -0.15) is 5.10 Å². The first kappa shape index (κ1) is 19.3. The molecule has 1 aliphatic rings. The number of nitrogens with zero attached hydrogens (tertiary/aromatic N) is 2. The van der Waals surface area contributed by atoms with Gasteiger partial charge in [-0.3, -0.25) is 9.89 Å². The van der Waals surface area contributed by atoms with Crippen LogP contribution < -0.4 is 0 Å². The Morgan fingerprint density at radius 3 is 2.16 bits per heavy atom. The molecule has 0 fully saturated rings. The molecule has 154 valence electrons. The molecular formula is C26H23N3O2. The first-order valence-electron chi connectivity index (χ1n) is 10.4. The molecule has 5 nitrogen and oxygen atoms in total. The van der Waals surface area contributed by atoms with Gasteiger partial charge in [0.2, 0.25) is 5.91 Å². The Kier molecular flexibility index (Phi) is 5.10. The molecule has 1 aromatic heterocycles. The van der Waals surface area contributed by atoms with E-state index in [4.69, 9.17) is 0 Å². The highest BCUT2D eigenvalue weighted by Crippen LogP contribution is 2.33. The Morgan fingerprint density at radius 1 is 0.871 bits per heavy atom. The molecule has 1 amide bonds. The van der Waals surface area contributed by atoms with Crippen LogP contribution in [0.2, 0.25) is 0 Å². The zero-order chi connectivity index (χ0) is 21.2. The normalized spacial score (nSPS) is 13.8. The lowest BCUT2D eigenvalue weighted by atomic mass is 9.98. The van der Waals surface area contributed by atoms with Gasteiger partial charge in [0, 0.05) is 11.1 Å². The minimum atomic E-state index is -0.549. The summed E-state index contributed by atoms with van der Waals surface area (Å²) in [5.41, 5.74) is 7.07. The lowest BCUT2D eigenvalue weighted by Gasteiger charge is -2.22. The van der Waals surface area contributed by atoms with Crippen LogP contribution in [0.15, 0.2) is 84.9 Å². The van der Waals surface area contributed by atoms with Crippen LogP contribution in [0.4, 0.5) is 0 Å². The third kappa shape index (κ3) is 3.64. The van der Waals surface area contributed by atoms with Crippen molar-refractivity contribution in [2.24, 2.45) is 0 Å². The summed E-state index contributed by atoms with van der Waals surface area (Å²) in [6.07, 6.45) is 0. The first-order valence-corrected chi connectivity index (χ1v) is 10.4. The van der Waals surface area contributed by atoms with Gasteiger partial charge in [0.1, 0.15) is 0 Å². The lowest BCUT2D eigenvalue weighted by molar-refractivity contribution is -0.134. The van der Waals surface area contributed by atoms with Crippen molar-refractivity contribution < 1.29 is 9.90 Å². The Hall–Kier alpha value is -3.70. The molecule has 5 heteroatoms. The van der Waals surface area contributed by atoms with E-state index in [1.165, 1.54) is 5.56 Å². The van der Waals surface area contributed by atoms with Crippen molar-refractivity contribution in [1.29, 1.82) is 0 Å². The summed E-state index contributed by atoms with van der Waals surface area (Å²) in [6, 6.07) is 28.1. The molecule has 0 aliphatic carbocycles. The molecule has 5 rings (SSSR count). The third-order valence-electron chi connectivity index (χ3n) is 5.91. The van der Waals surface area contributed by atoms with Crippen LogP contribution in [0.1, 0.15) is 22.7 Å². The van der Waals surface area contributed by atoms with Crippen LogP contribution in [0.3, 0.4) is 0 Å². The molecule has 3 aromatic carbocycles. The molecule has 0 saturated carbocycles. The van der Waals surface area contributed by atoms with E-state index in [1.54, 1.807) is 4.90 Å². The molecule has 1 atom stereocenters. The minimum Gasteiger partial charge on any atom is -0.395 e. The van der Waals surface area contributed by atoms with E-state index >= 15 is 0 Å². The molecule has 2 heterocycles. The zero-order valence-corrected chi connectivity index (χ0v) is 17.0. The van der Waals surface area contributed by atoms with Gasteiger partial charge >= 0.3 is 0 Å². The lowest BCUT2D eigenvalue weighted by Crippen LogP contribution is -2.32. The number of H-pyrrole nitrogens is 1. The standard InChI is InChI=1S/C26H23N3O2/c30-17-23(20-9-5-2-6-10-20)26(31)29-15-22-24(16-29)27-28-25(22)21-13-11-19(12-14-21)18-7-3-1-4-8-18/h1-14,23,30H,15-17H2,(H,27,28). The summed E-state index contributed by atoms with van der Waals surface area (Å²) in [5.74, 6) is -0.615. The Balaban J connectivity index is 1.36. The fourth-order valence-electron chi connectivity index (χ4n) is 4.22. The van der Waals surface area contributed by atoms with E-state index in [1.807, 2.05) is 48.5 Å². The second-order valence-corrected chi connectivity index (χ2v) is 7.81. The highest BCUT2D eigenvalue weighted by Gasteiger charge is 2.32. The van der Waals surface area contributed by atoms with Crippen molar-refractivity contribution in [2.75, 3.05) is 6.61 Å². The van der Waals surface area contributed by atoms with E-state index in [0.29, 0.717) is 13.1 Å². The van der Waals surface area contributed by atoms with Gasteiger partial charge in [-0.15, -0.1) is 0 Å². The van der Waals surface area contributed by atoms with Crippen molar-refractivity contribution in [3.05, 3.63) is 102 Å². The quantitative estimate of drug-likeness (QED) is 0.515. The number of fused-ring (bicyclic) bond motifs is 1. The Morgan fingerprint density at radius 2 is 1.48 bits per heavy atom. The fraction of sp³-hybridized carbons (Fsp3) is 0.154. The maximum atomic E-state index is 13.1. The number of carbonyl (C=O) groups excluding carboxylic acids is 1. The summed E-state index contributed by atoms with van der Waals surface area (Å²) >= 11 is 0. The molecule has 4 aromatic rings. The number of aromatic amines is 1. The van der Waals surface area contributed by atoms with E-state index in [0.717, 1.165) is 33.6 Å². The van der Waals surface area contributed by atoms with E-state index < -0.39 is 5.92 Å². The van der Waals surface area contributed by atoms with Crippen molar-refractivity contribution >= 4 is 5.91 Å². The van der Waals surface area contributed by atoms with Crippen molar-refractivity contribution in [1.82, 2.24) is 15.1 Å². The first-order chi connectivity index (χ1) is 15.2. The number of nitrogens with one attached hydrogen (secondary N) is 1. The Bertz CT molecular complexity index is 1180. The second kappa shape index (κ2) is 8.20. The SMILES string of the molecule is O=C(C(CO)c1ccccc1)N1Cc2[nH]nc(-c3ccc(-c4ccccc4)cc3)c2C1. The van der Waals surface area contributed by atoms with Gasteiger partial charge in [-0.05, 0) is 16.7 Å². The molecule has 1 aliphatic heterocycles. The second-order valence-electron chi connectivity index (χ2n) is 7.81. The number of hydrogen-bond acceptors (Lipinski definition) is 3. The van der Waals surface area contributed by atoms with Crippen molar-refractivity contribution in [2.45, 2.75) is 19.0 Å². The smallest absolute Gasteiger partial charge is 0.233 e. The van der Waals surface area contributed by atoms with Crippen LogP contribution in [0.5, 0.6) is 0 Å². The predicted octanol–water partition coefficient (Wildman–Crippen LogP) is 4.36.